The molecule has 1 fully saturated rings. The molecule has 1 aromatic carbocycles. The topological polar surface area (TPSA) is 46.2 Å². The van der Waals surface area contributed by atoms with Crippen molar-refractivity contribution in [2.75, 3.05) is 6.54 Å². The van der Waals surface area contributed by atoms with Gasteiger partial charge in [0, 0.05) is 24.9 Å². The summed E-state index contributed by atoms with van der Waals surface area (Å²) in [6, 6.07) is 7.83. The van der Waals surface area contributed by atoms with Crippen LogP contribution in [0.2, 0.25) is 0 Å². The Morgan fingerprint density at radius 1 is 1.14 bits per heavy atom. The minimum Gasteiger partial charge on any atom is -0.356 e. The van der Waals surface area contributed by atoms with Crippen molar-refractivity contribution >= 4 is 11.7 Å². The van der Waals surface area contributed by atoms with Gasteiger partial charge >= 0.3 is 0 Å². The molecule has 1 saturated carbocycles. The molecule has 0 aromatic heterocycles. The molecule has 2 rings (SSSR count). The Morgan fingerprint density at radius 3 is 2.48 bits per heavy atom. The molecule has 0 aliphatic heterocycles. The number of hydrogen-bond donors (Lipinski definition) is 1. The first kappa shape index (κ1) is 15.7. The second-order valence-electron chi connectivity index (χ2n) is 6.21. The Morgan fingerprint density at radius 2 is 1.81 bits per heavy atom. The van der Waals surface area contributed by atoms with Crippen LogP contribution in [0, 0.1) is 11.8 Å². The average Bonchev–Trinajstić information content (AvgIpc) is 2.47. The second kappa shape index (κ2) is 7.39. The molecule has 3 nitrogen and oxygen atoms in total. The Bertz CT molecular complexity index is 502. The fraction of sp³-hybridized carbons (Fsp3) is 0.556. The fourth-order valence-electron chi connectivity index (χ4n) is 3.09. The third-order valence-electron chi connectivity index (χ3n) is 4.44. The molecule has 1 aliphatic carbocycles. The van der Waals surface area contributed by atoms with Crippen LogP contribution in [0.3, 0.4) is 0 Å². The summed E-state index contributed by atoms with van der Waals surface area (Å²) in [5, 5.41) is 2.80. The van der Waals surface area contributed by atoms with E-state index in [1.807, 2.05) is 24.3 Å². The summed E-state index contributed by atoms with van der Waals surface area (Å²) in [7, 11) is 0. The van der Waals surface area contributed by atoms with Gasteiger partial charge < -0.3 is 5.32 Å². The van der Waals surface area contributed by atoms with Crippen LogP contribution in [-0.2, 0) is 11.2 Å². The van der Waals surface area contributed by atoms with Crippen LogP contribution in [0.25, 0.3) is 0 Å². The lowest BCUT2D eigenvalue weighted by molar-refractivity contribution is -0.118. The van der Waals surface area contributed by atoms with E-state index < -0.39 is 0 Å². The smallest absolute Gasteiger partial charge is 0.216 e. The van der Waals surface area contributed by atoms with Gasteiger partial charge in [-0.2, -0.15) is 0 Å². The maximum atomic E-state index is 12.7. The van der Waals surface area contributed by atoms with E-state index in [1.165, 1.54) is 6.92 Å². The molecule has 1 amide bonds. The predicted octanol–water partition coefficient (Wildman–Crippen LogP) is 3.37. The van der Waals surface area contributed by atoms with Crippen molar-refractivity contribution in [1.29, 1.82) is 0 Å². The first-order valence-electron chi connectivity index (χ1n) is 7.94. The lowest BCUT2D eigenvalue weighted by Crippen LogP contribution is -2.25. The van der Waals surface area contributed by atoms with Crippen molar-refractivity contribution in [3.05, 3.63) is 35.4 Å². The summed E-state index contributed by atoms with van der Waals surface area (Å²) in [6.07, 6.45) is 5.06. The summed E-state index contributed by atoms with van der Waals surface area (Å²) in [5.41, 5.74) is 1.90. The molecule has 0 heterocycles. The van der Waals surface area contributed by atoms with Crippen LogP contribution in [0.15, 0.2) is 24.3 Å². The minimum atomic E-state index is -0.0277. The number of Topliss-reactive ketones (excluding diaryl/α,β-unsaturated/α-hetero) is 1. The Balaban J connectivity index is 2.04. The Kier molecular flexibility index (Phi) is 5.54. The number of nitrogens with one attached hydrogen (secondary N) is 1. The molecular weight excluding hydrogens is 262 g/mol. The summed E-state index contributed by atoms with van der Waals surface area (Å²) in [5.74, 6) is 1.20. The summed E-state index contributed by atoms with van der Waals surface area (Å²) in [4.78, 5) is 23.7. The zero-order chi connectivity index (χ0) is 15.2. The lowest BCUT2D eigenvalue weighted by Gasteiger charge is -2.25. The van der Waals surface area contributed by atoms with Gasteiger partial charge in [-0.25, -0.2) is 0 Å². The van der Waals surface area contributed by atoms with E-state index in [0.29, 0.717) is 18.7 Å². The number of carbonyl (C=O) groups excluding carboxylic acids is 2. The molecular formula is C18H25NO2. The maximum Gasteiger partial charge on any atom is 0.216 e. The van der Waals surface area contributed by atoms with E-state index in [-0.39, 0.29) is 11.8 Å². The van der Waals surface area contributed by atoms with Crippen LogP contribution in [0.5, 0.6) is 0 Å². The molecule has 0 bridgehead atoms. The van der Waals surface area contributed by atoms with Gasteiger partial charge in [-0.15, -0.1) is 0 Å². The van der Waals surface area contributed by atoms with Gasteiger partial charge in [0.1, 0.15) is 0 Å². The Hall–Kier alpha value is -1.64. The van der Waals surface area contributed by atoms with Crippen molar-refractivity contribution in [3.63, 3.8) is 0 Å². The largest absolute Gasteiger partial charge is 0.356 e. The first-order chi connectivity index (χ1) is 10.1. The third kappa shape index (κ3) is 4.42. The molecule has 114 valence electrons. The predicted molar refractivity (Wildman–Crippen MR) is 84.3 cm³/mol. The summed E-state index contributed by atoms with van der Waals surface area (Å²) < 4.78 is 0. The highest BCUT2D eigenvalue weighted by molar-refractivity contribution is 5.99. The molecule has 1 aliphatic rings. The van der Waals surface area contributed by atoms with Crippen molar-refractivity contribution < 1.29 is 9.59 Å². The van der Waals surface area contributed by atoms with E-state index in [2.05, 4.69) is 12.2 Å². The SMILES string of the molecule is CC(=O)NCCc1ccccc1C(=O)C1CCC(C)CC1. The molecule has 1 N–H and O–H groups in total. The highest BCUT2D eigenvalue weighted by Gasteiger charge is 2.26. The molecule has 21 heavy (non-hydrogen) atoms. The fourth-order valence-corrected chi connectivity index (χ4v) is 3.09. The number of amides is 1. The summed E-state index contributed by atoms with van der Waals surface area (Å²) in [6.45, 7) is 4.36. The van der Waals surface area contributed by atoms with Crippen LogP contribution in [0.1, 0.15) is 55.5 Å². The van der Waals surface area contributed by atoms with Crippen molar-refractivity contribution in [3.8, 4) is 0 Å². The highest BCUT2D eigenvalue weighted by atomic mass is 16.1. The number of carbonyl (C=O) groups is 2. The number of ketones is 1. The molecule has 0 spiro atoms. The van der Waals surface area contributed by atoms with Crippen LogP contribution in [-0.4, -0.2) is 18.2 Å². The van der Waals surface area contributed by atoms with Crippen LogP contribution in [0.4, 0.5) is 0 Å². The Labute approximate surface area is 127 Å². The van der Waals surface area contributed by atoms with Gasteiger partial charge in [0.2, 0.25) is 5.91 Å². The van der Waals surface area contributed by atoms with Gasteiger partial charge in [-0.1, -0.05) is 44.0 Å². The van der Waals surface area contributed by atoms with E-state index in [9.17, 15) is 9.59 Å². The van der Waals surface area contributed by atoms with E-state index in [4.69, 9.17) is 0 Å². The van der Waals surface area contributed by atoms with Gasteiger partial charge in [0.25, 0.3) is 0 Å². The normalized spacial score (nSPS) is 21.8. The van der Waals surface area contributed by atoms with E-state index >= 15 is 0 Å². The van der Waals surface area contributed by atoms with Crippen molar-refractivity contribution in [2.45, 2.75) is 46.0 Å². The lowest BCUT2D eigenvalue weighted by atomic mass is 9.78. The number of rotatable bonds is 5. The molecule has 0 unspecified atom stereocenters. The monoisotopic (exact) mass is 287 g/mol. The zero-order valence-electron chi connectivity index (χ0n) is 13.0. The molecule has 0 radical (unpaired) electrons. The summed E-state index contributed by atoms with van der Waals surface area (Å²) >= 11 is 0. The number of benzene rings is 1. The first-order valence-corrected chi connectivity index (χ1v) is 7.94. The highest BCUT2D eigenvalue weighted by Crippen LogP contribution is 2.31. The van der Waals surface area contributed by atoms with Crippen molar-refractivity contribution in [1.82, 2.24) is 5.32 Å². The average molecular weight is 287 g/mol. The third-order valence-corrected chi connectivity index (χ3v) is 4.44. The number of hydrogen-bond acceptors (Lipinski definition) is 2. The minimum absolute atomic E-state index is 0.0277. The molecule has 0 atom stereocenters. The van der Waals surface area contributed by atoms with Gasteiger partial charge in [0.15, 0.2) is 5.78 Å². The van der Waals surface area contributed by atoms with Crippen LogP contribution >= 0.6 is 0 Å². The standard InChI is InChI=1S/C18H25NO2/c1-13-7-9-16(10-8-13)18(21)17-6-4-3-5-15(17)11-12-19-14(2)20/h3-6,13,16H,7-12H2,1-2H3,(H,19,20). The molecule has 3 heteroatoms. The van der Waals surface area contributed by atoms with Crippen LogP contribution < -0.4 is 5.32 Å². The quantitative estimate of drug-likeness (QED) is 0.844. The zero-order valence-corrected chi connectivity index (χ0v) is 13.0. The second-order valence-corrected chi connectivity index (χ2v) is 6.21. The molecule has 1 aromatic rings. The van der Waals surface area contributed by atoms with E-state index in [1.54, 1.807) is 0 Å². The molecule has 0 saturated heterocycles. The van der Waals surface area contributed by atoms with E-state index in [0.717, 1.165) is 42.7 Å². The van der Waals surface area contributed by atoms with Gasteiger partial charge in [-0.3, -0.25) is 9.59 Å². The maximum absolute atomic E-state index is 12.7. The van der Waals surface area contributed by atoms with Gasteiger partial charge in [0.05, 0.1) is 0 Å². The van der Waals surface area contributed by atoms with Gasteiger partial charge in [-0.05, 0) is 30.7 Å². The van der Waals surface area contributed by atoms with Crippen molar-refractivity contribution in [2.24, 2.45) is 11.8 Å².